The highest BCUT2D eigenvalue weighted by molar-refractivity contribution is 5.89. The second kappa shape index (κ2) is 7.52. The van der Waals surface area contributed by atoms with Gasteiger partial charge in [0, 0.05) is 12.5 Å². The Morgan fingerprint density at radius 2 is 2.00 bits per heavy atom. The molecule has 0 saturated carbocycles. The molecule has 8 heteroatoms. The van der Waals surface area contributed by atoms with Crippen molar-refractivity contribution in [3.63, 3.8) is 0 Å². The molecule has 0 radical (unpaired) electrons. The maximum atomic E-state index is 12.1. The van der Waals surface area contributed by atoms with E-state index in [9.17, 15) is 4.79 Å². The Morgan fingerprint density at radius 1 is 1.24 bits per heavy atom. The first-order valence-corrected chi connectivity index (χ1v) is 7.66. The summed E-state index contributed by atoms with van der Waals surface area (Å²) in [4.78, 5) is 16.3. The molecule has 1 aromatic carbocycles. The van der Waals surface area contributed by atoms with Gasteiger partial charge in [0.2, 0.25) is 11.9 Å². The van der Waals surface area contributed by atoms with E-state index in [2.05, 4.69) is 20.5 Å². The van der Waals surface area contributed by atoms with Gasteiger partial charge in [-0.2, -0.15) is 4.98 Å². The number of nitrogens with one attached hydrogen (secondary N) is 2. The van der Waals surface area contributed by atoms with Crippen molar-refractivity contribution in [1.82, 2.24) is 15.2 Å². The fourth-order valence-corrected chi connectivity index (χ4v) is 2.30. The van der Waals surface area contributed by atoms with Crippen LogP contribution in [0.25, 0.3) is 11.6 Å². The third-order valence-electron chi connectivity index (χ3n) is 3.54. The second-order valence-corrected chi connectivity index (χ2v) is 5.25. The van der Waals surface area contributed by atoms with Gasteiger partial charge in [-0.15, -0.1) is 5.10 Å². The molecule has 0 aliphatic heterocycles. The van der Waals surface area contributed by atoms with Crippen LogP contribution in [-0.4, -0.2) is 35.3 Å². The largest absolute Gasteiger partial charge is 0.497 e. The zero-order chi connectivity index (χ0) is 17.6. The highest BCUT2D eigenvalue weighted by atomic mass is 16.5. The number of benzene rings is 1. The van der Waals surface area contributed by atoms with E-state index in [1.54, 1.807) is 38.7 Å². The maximum absolute atomic E-state index is 12.1. The number of anilines is 1. The zero-order valence-corrected chi connectivity index (χ0v) is 13.9. The van der Waals surface area contributed by atoms with Gasteiger partial charge in [0.1, 0.15) is 11.5 Å². The first-order chi connectivity index (χ1) is 12.2. The predicted molar refractivity (Wildman–Crippen MR) is 90.6 cm³/mol. The number of aromatic amines is 1. The van der Waals surface area contributed by atoms with Crippen molar-refractivity contribution in [3.05, 3.63) is 42.2 Å². The highest BCUT2D eigenvalue weighted by Gasteiger charge is 2.11. The molecule has 0 atom stereocenters. The minimum Gasteiger partial charge on any atom is -0.497 e. The van der Waals surface area contributed by atoms with Gasteiger partial charge in [-0.25, -0.2) is 0 Å². The van der Waals surface area contributed by atoms with Crippen LogP contribution in [0.4, 0.5) is 5.95 Å². The lowest BCUT2D eigenvalue weighted by molar-refractivity contribution is -0.116. The summed E-state index contributed by atoms with van der Waals surface area (Å²) < 4.78 is 15.7. The Morgan fingerprint density at radius 3 is 2.64 bits per heavy atom. The van der Waals surface area contributed by atoms with Crippen LogP contribution in [0.5, 0.6) is 11.5 Å². The summed E-state index contributed by atoms with van der Waals surface area (Å²) in [6.45, 7) is 0. The number of carbonyl (C=O) groups excluding carboxylic acids is 1. The number of ether oxygens (including phenoxy) is 2. The van der Waals surface area contributed by atoms with Gasteiger partial charge in [0.05, 0.1) is 20.5 Å². The molecule has 2 heterocycles. The number of hydrogen-bond acceptors (Lipinski definition) is 6. The number of rotatable bonds is 7. The summed E-state index contributed by atoms with van der Waals surface area (Å²) in [5, 5.41) is 9.32. The van der Waals surface area contributed by atoms with E-state index >= 15 is 0 Å². The quantitative estimate of drug-likeness (QED) is 0.684. The maximum Gasteiger partial charge on any atom is 0.249 e. The van der Waals surface area contributed by atoms with Crippen LogP contribution in [0.2, 0.25) is 0 Å². The van der Waals surface area contributed by atoms with Crippen LogP contribution in [0.3, 0.4) is 0 Å². The average Bonchev–Trinajstić information content (AvgIpc) is 3.31. The van der Waals surface area contributed by atoms with Crippen LogP contribution in [0.1, 0.15) is 12.0 Å². The number of hydrogen-bond donors (Lipinski definition) is 2. The van der Waals surface area contributed by atoms with Gasteiger partial charge >= 0.3 is 0 Å². The predicted octanol–water partition coefficient (Wildman–Crippen LogP) is 2.65. The lowest BCUT2D eigenvalue weighted by Crippen LogP contribution is -2.13. The van der Waals surface area contributed by atoms with Crippen LogP contribution in [-0.2, 0) is 11.2 Å². The Kier molecular flexibility index (Phi) is 4.98. The molecule has 3 rings (SSSR count). The molecule has 0 fully saturated rings. The summed E-state index contributed by atoms with van der Waals surface area (Å²) in [6, 6.07) is 9.03. The molecule has 2 aromatic heterocycles. The molecule has 0 aliphatic carbocycles. The van der Waals surface area contributed by atoms with Gasteiger partial charge in [0.25, 0.3) is 0 Å². The van der Waals surface area contributed by atoms with Crippen LogP contribution in [0.15, 0.2) is 41.0 Å². The van der Waals surface area contributed by atoms with Gasteiger partial charge in [-0.1, -0.05) is 0 Å². The summed E-state index contributed by atoms with van der Waals surface area (Å²) in [5.41, 5.74) is 0.942. The topological polar surface area (TPSA) is 102 Å². The smallest absolute Gasteiger partial charge is 0.249 e. The number of nitrogens with zero attached hydrogens (tertiary/aromatic N) is 2. The van der Waals surface area contributed by atoms with Crippen molar-refractivity contribution in [3.8, 4) is 23.1 Å². The zero-order valence-electron chi connectivity index (χ0n) is 13.9. The van der Waals surface area contributed by atoms with E-state index in [4.69, 9.17) is 13.9 Å². The summed E-state index contributed by atoms with van der Waals surface area (Å²) in [5.74, 6) is 2.40. The Labute approximate surface area is 144 Å². The third kappa shape index (κ3) is 4.17. The Balaban J connectivity index is 1.58. The summed E-state index contributed by atoms with van der Waals surface area (Å²) >= 11 is 0. The van der Waals surface area contributed by atoms with E-state index in [0.717, 1.165) is 5.56 Å². The lowest BCUT2D eigenvalue weighted by Gasteiger charge is -2.08. The van der Waals surface area contributed by atoms with Crippen LogP contribution < -0.4 is 14.8 Å². The standard InChI is InChI=1S/C17H18N4O4/c1-23-12-8-11(9-13(10-12)24-2)5-6-15(22)18-17-19-16(20-21-17)14-4-3-7-25-14/h3-4,7-10H,5-6H2,1-2H3,(H2,18,19,20,21,22). The molecule has 0 unspecified atom stereocenters. The van der Waals surface area contributed by atoms with Crippen LogP contribution in [0, 0.1) is 0 Å². The number of furan rings is 1. The molecule has 8 nitrogen and oxygen atoms in total. The van der Waals surface area contributed by atoms with E-state index in [1.807, 2.05) is 12.1 Å². The molecule has 130 valence electrons. The third-order valence-corrected chi connectivity index (χ3v) is 3.54. The first-order valence-electron chi connectivity index (χ1n) is 7.66. The first kappa shape index (κ1) is 16.6. The van der Waals surface area contributed by atoms with Gasteiger partial charge in [-0.3, -0.25) is 15.2 Å². The average molecular weight is 342 g/mol. The minimum absolute atomic E-state index is 0.188. The molecule has 0 bridgehead atoms. The van der Waals surface area contributed by atoms with Crippen molar-refractivity contribution in [2.75, 3.05) is 19.5 Å². The Hall–Kier alpha value is -3.29. The second-order valence-electron chi connectivity index (χ2n) is 5.25. The number of aromatic nitrogens is 3. The van der Waals surface area contributed by atoms with Crippen molar-refractivity contribution in [1.29, 1.82) is 0 Å². The fraction of sp³-hybridized carbons (Fsp3) is 0.235. The number of aryl methyl sites for hydroxylation is 1. The molecule has 2 N–H and O–H groups in total. The number of amides is 1. The van der Waals surface area contributed by atoms with E-state index < -0.39 is 0 Å². The monoisotopic (exact) mass is 342 g/mol. The number of methoxy groups -OCH3 is 2. The van der Waals surface area contributed by atoms with E-state index in [-0.39, 0.29) is 18.3 Å². The fourth-order valence-electron chi connectivity index (χ4n) is 2.30. The number of H-pyrrole nitrogens is 1. The van der Waals surface area contributed by atoms with E-state index in [1.165, 1.54) is 0 Å². The summed E-state index contributed by atoms with van der Waals surface area (Å²) in [7, 11) is 3.18. The Bertz CT molecular complexity index is 820. The summed E-state index contributed by atoms with van der Waals surface area (Å²) in [6.07, 6.45) is 2.36. The molecule has 3 aromatic rings. The van der Waals surface area contributed by atoms with Gasteiger partial charge in [0.15, 0.2) is 11.6 Å². The molecule has 25 heavy (non-hydrogen) atoms. The normalized spacial score (nSPS) is 10.5. The minimum atomic E-state index is -0.188. The number of carbonyl (C=O) groups is 1. The highest BCUT2D eigenvalue weighted by Crippen LogP contribution is 2.23. The molecular weight excluding hydrogens is 324 g/mol. The lowest BCUT2D eigenvalue weighted by atomic mass is 10.1. The van der Waals surface area contributed by atoms with Crippen LogP contribution >= 0.6 is 0 Å². The molecule has 0 aliphatic rings. The van der Waals surface area contributed by atoms with Crippen molar-refractivity contribution < 1.29 is 18.7 Å². The van der Waals surface area contributed by atoms with Crippen molar-refractivity contribution in [2.45, 2.75) is 12.8 Å². The molecule has 0 saturated heterocycles. The van der Waals surface area contributed by atoms with Crippen molar-refractivity contribution in [2.24, 2.45) is 0 Å². The molecule has 0 spiro atoms. The van der Waals surface area contributed by atoms with Gasteiger partial charge in [-0.05, 0) is 36.2 Å². The van der Waals surface area contributed by atoms with Crippen molar-refractivity contribution >= 4 is 11.9 Å². The molecule has 1 amide bonds. The SMILES string of the molecule is COc1cc(CCC(=O)Nc2n[nH]c(-c3ccco3)n2)cc(OC)c1. The van der Waals surface area contributed by atoms with E-state index in [0.29, 0.717) is 29.5 Å². The molecular formula is C17H18N4O4. The van der Waals surface area contributed by atoms with Gasteiger partial charge < -0.3 is 13.9 Å².